The molecule has 192 valence electrons. The summed E-state index contributed by atoms with van der Waals surface area (Å²) < 4.78 is 1.99. The first-order valence-electron chi connectivity index (χ1n) is 12.0. The molecule has 11 heteroatoms. The van der Waals surface area contributed by atoms with Gasteiger partial charge in [-0.1, -0.05) is 12.1 Å². The zero-order valence-corrected chi connectivity index (χ0v) is 23.0. The van der Waals surface area contributed by atoms with Crippen molar-refractivity contribution in [1.29, 1.82) is 0 Å². The van der Waals surface area contributed by atoms with Crippen LogP contribution < -0.4 is 15.8 Å². The Labute approximate surface area is 228 Å². The highest BCUT2D eigenvalue weighted by Gasteiger charge is 2.23. The third-order valence-electron chi connectivity index (χ3n) is 6.39. The molecule has 0 amide bonds. The Morgan fingerprint density at radius 3 is 2.54 bits per heavy atom. The lowest BCUT2D eigenvalue weighted by Gasteiger charge is -2.34. The predicted molar refractivity (Wildman–Crippen MR) is 154 cm³/mol. The van der Waals surface area contributed by atoms with Crippen molar-refractivity contribution in [2.24, 2.45) is 0 Å². The fourth-order valence-electron chi connectivity index (χ4n) is 4.35. The van der Waals surface area contributed by atoms with E-state index < -0.39 is 3.61 Å². The van der Waals surface area contributed by atoms with Crippen LogP contribution in [-0.2, 0) is 10.2 Å². The third-order valence-corrected chi connectivity index (χ3v) is 6.94. The van der Waals surface area contributed by atoms with E-state index in [1.807, 2.05) is 34.7 Å². The second kappa shape index (κ2) is 10.2. The van der Waals surface area contributed by atoms with Gasteiger partial charge in [-0.3, -0.25) is 4.79 Å². The number of halogens is 1. The van der Waals surface area contributed by atoms with Gasteiger partial charge in [0, 0.05) is 43.8 Å². The van der Waals surface area contributed by atoms with Crippen molar-refractivity contribution in [3.63, 3.8) is 0 Å². The number of alkyl halides is 1. The molecule has 0 bridgehead atoms. The molecule has 3 aromatic heterocycles. The van der Waals surface area contributed by atoms with Crippen molar-refractivity contribution in [2.75, 3.05) is 43.4 Å². The molecule has 0 aliphatic carbocycles. The fraction of sp³-hybridized carbons (Fsp3) is 0.308. The van der Waals surface area contributed by atoms with E-state index in [1.165, 1.54) is 16.6 Å². The monoisotopic (exact) mass is 612 g/mol. The number of pyridine rings is 1. The number of allylic oxidation sites excluding steroid dienone is 1. The number of piperazine rings is 1. The van der Waals surface area contributed by atoms with Crippen molar-refractivity contribution >= 4 is 50.9 Å². The number of hydrogen-bond donors (Lipinski definition) is 2. The van der Waals surface area contributed by atoms with Crippen LogP contribution in [0, 0.1) is 0 Å². The molecule has 4 aromatic rings. The molecular weight excluding hydrogens is 583 g/mol. The lowest BCUT2D eigenvalue weighted by molar-refractivity contribution is 0.173. The van der Waals surface area contributed by atoms with Crippen LogP contribution in [0.15, 0.2) is 66.1 Å². The molecule has 1 saturated heterocycles. The van der Waals surface area contributed by atoms with Gasteiger partial charge in [0.2, 0.25) is 5.95 Å². The largest absolute Gasteiger partial charge is 0.374 e. The summed E-state index contributed by atoms with van der Waals surface area (Å²) in [7, 11) is 2.14. The maximum Gasteiger partial charge on any atom is 0.278 e. The highest BCUT2D eigenvalue weighted by atomic mass is 127. The molecule has 1 atom stereocenters. The lowest BCUT2D eigenvalue weighted by Crippen LogP contribution is -2.44. The van der Waals surface area contributed by atoms with Gasteiger partial charge < -0.3 is 20.2 Å². The second-order valence-electron chi connectivity index (χ2n) is 9.22. The number of likely N-dealkylation sites (N-methyl/N-ethyl adjacent to an activating group) is 1. The van der Waals surface area contributed by atoms with E-state index in [0.717, 1.165) is 31.9 Å². The minimum Gasteiger partial charge on any atom is -0.374 e. The molecule has 1 aromatic carbocycles. The first kappa shape index (κ1) is 25.4. The van der Waals surface area contributed by atoms with E-state index in [4.69, 9.17) is 0 Å². The molecule has 10 nitrogen and oxygen atoms in total. The van der Waals surface area contributed by atoms with Crippen LogP contribution in [0.2, 0.25) is 0 Å². The van der Waals surface area contributed by atoms with Gasteiger partial charge in [-0.15, -0.1) is 6.58 Å². The summed E-state index contributed by atoms with van der Waals surface area (Å²) in [6.07, 6.45) is 3.17. The van der Waals surface area contributed by atoms with Crippen LogP contribution in [0.25, 0.3) is 16.9 Å². The summed E-state index contributed by atoms with van der Waals surface area (Å²) >= 11 is 1.92. The lowest BCUT2D eigenvalue weighted by atomic mass is 10.2. The van der Waals surface area contributed by atoms with E-state index >= 15 is 0 Å². The number of benzene rings is 1. The van der Waals surface area contributed by atoms with Crippen LogP contribution in [-0.4, -0.2) is 67.5 Å². The summed E-state index contributed by atoms with van der Waals surface area (Å²) in [4.78, 5) is 31.6. The van der Waals surface area contributed by atoms with Crippen molar-refractivity contribution < 1.29 is 5.11 Å². The van der Waals surface area contributed by atoms with Crippen LogP contribution in [0.1, 0.15) is 12.6 Å². The van der Waals surface area contributed by atoms with E-state index in [9.17, 15) is 9.90 Å². The van der Waals surface area contributed by atoms with E-state index in [-0.39, 0.29) is 12.1 Å². The van der Waals surface area contributed by atoms with E-state index in [1.54, 1.807) is 35.9 Å². The van der Waals surface area contributed by atoms with Gasteiger partial charge >= 0.3 is 0 Å². The number of aromatic nitrogens is 5. The Bertz CT molecular complexity index is 1480. The quantitative estimate of drug-likeness (QED) is 0.186. The topological polar surface area (TPSA) is 104 Å². The van der Waals surface area contributed by atoms with Gasteiger partial charge in [-0.25, -0.2) is 19.3 Å². The van der Waals surface area contributed by atoms with Crippen molar-refractivity contribution in [2.45, 2.75) is 17.1 Å². The van der Waals surface area contributed by atoms with Crippen LogP contribution in [0.5, 0.6) is 0 Å². The first-order chi connectivity index (χ1) is 17.7. The van der Waals surface area contributed by atoms with Gasteiger partial charge in [0.25, 0.3) is 5.56 Å². The SMILES string of the molecule is C=CCn1c(=O)c2cnc(Nc3ccc(N4CCN(C)CC4)cc3)nc2n1-c1cccc(C(C)(O)I)n1. The number of fused-ring (bicyclic) bond motifs is 1. The Morgan fingerprint density at radius 1 is 1.14 bits per heavy atom. The maximum atomic E-state index is 13.2. The molecular formula is C26H29IN8O2. The van der Waals surface area contributed by atoms with Crippen LogP contribution in [0.4, 0.5) is 17.3 Å². The molecule has 1 unspecified atom stereocenters. The Morgan fingerprint density at radius 2 is 1.86 bits per heavy atom. The molecule has 1 aliphatic heterocycles. The van der Waals surface area contributed by atoms with Crippen LogP contribution in [0.3, 0.4) is 0 Å². The number of anilines is 3. The second-order valence-corrected chi connectivity index (χ2v) is 11.3. The molecule has 37 heavy (non-hydrogen) atoms. The molecule has 1 fully saturated rings. The predicted octanol–water partition coefficient (Wildman–Crippen LogP) is 3.26. The zero-order chi connectivity index (χ0) is 26.2. The van der Waals surface area contributed by atoms with Gasteiger partial charge in [0.1, 0.15) is 5.39 Å². The Hall–Kier alpha value is -3.29. The average molecular weight is 612 g/mol. The number of hydrogen-bond acceptors (Lipinski definition) is 8. The summed E-state index contributed by atoms with van der Waals surface area (Å²) in [6.45, 7) is 9.81. The summed E-state index contributed by atoms with van der Waals surface area (Å²) in [5.41, 5.74) is 2.67. The summed E-state index contributed by atoms with van der Waals surface area (Å²) in [6, 6.07) is 13.5. The normalized spacial score (nSPS) is 16.1. The molecule has 5 rings (SSSR count). The Balaban J connectivity index is 1.50. The molecule has 0 radical (unpaired) electrons. The van der Waals surface area contributed by atoms with E-state index in [2.05, 4.69) is 55.8 Å². The van der Waals surface area contributed by atoms with Crippen molar-refractivity contribution in [3.8, 4) is 5.82 Å². The summed E-state index contributed by atoms with van der Waals surface area (Å²) in [5.74, 6) is 0.825. The highest BCUT2D eigenvalue weighted by molar-refractivity contribution is 14.1. The molecule has 2 N–H and O–H groups in total. The zero-order valence-electron chi connectivity index (χ0n) is 20.8. The standard InChI is InChI=1S/C26H29IN8O2/c1-4-12-34-24(36)20-17-28-25(29-18-8-10-19(11-9-18)33-15-13-32(3)14-16-33)31-23(20)35(34)22-7-5-6-21(30-22)26(2,27)37/h4-11,17,37H,1,12-16H2,2-3H3,(H,28,29,31). The van der Waals surface area contributed by atoms with Gasteiger partial charge in [-0.05, 0) is 73.0 Å². The molecule has 0 saturated carbocycles. The molecule has 4 heterocycles. The minimum absolute atomic E-state index is 0.244. The minimum atomic E-state index is -1.17. The molecule has 1 aliphatic rings. The number of nitrogens with one attached hydrogen (secondary N) is 1. The van der Waals surface area contributed by atoms with Gasteiger partial charge in [-0.2, -0.15) is 4.98 Å². The smallest absolute Gasteiger partial charge is 0.278 e. The number of aliphatic hydroxyl groups is 1. The molecule has 0 spiro atoms. The maximum absolute atomic E-state index is 13.2. The third kappa shape index (κ3) is 5.24. The van der Waals surface area contributed by atoms with Crippen molar-refractivity contribution in [1.82, 2.24) is 29.2 Å². The number of nitrogens with zero attached hydrogens (tertiary/aromatic N) is 7. The van der Waals surface area contributed by atoms with Gasteiger partial charge in [0.05, 0.1) is 12.2 Å². The number of rotatable bonds is 7. The van der Waals surface area contributed by atoms with E-state index in [0.29, 0.717) is 28.5 Å². The average Bonchev–Trinajstić information content (AvgIpc) is 3.15. The Kier molecular flexibility index (Phi) is 7.01. The highest BCUT2D eigenvalue weighted by Crippen LogP contribution is 2.27. The van der Waals surface area contributed by atoms with Crippen molar-refractivity contribution in [3.05, 3.63) is 77.4 Å². The first-order valence-corrected chi connectivity index (χ1v) is 13.1. The summed E-state index contributed by atoms with van der Waals surface area (Å²) in [5, 5.41) is 14.1. The van der Waals surface area contributed by atoms with Gasteiger partial charge in [0.15, 0.2) is 15.1 Å². The van der Waals surface area contributed by atoms with Crippen LogP contribution >= 0.6 is 22.6 Å². The fourth-order valence-corrected chi connectivity index (χ4v) is 4.65.